The van der Waals surface area contributed by atoms with E-state index in [1.165, 1.54) is 0 Å². The van der Waals surface area contributed by atoms with Gasteiger partial charge < -0.3 is 15.7 Å². The molecule has 1 aliphatic rings. The zero-order chi connectivity index (χ0) is 17.1. The van der Waals surface area contributed by atoms with Gasteiger partial charge in [0, 0.05) is 15.7 Å². The summed E-state index contributed by atoms with van der Waals surface area (Å²) >= 11 is 2.16. The molecule has 1 aliphatic heterocycles. The lowest BCUT2D eigenvalue weighted by Crippen LogP contribution is -2.39. The molecule has 0 aromatic heterocycles. The Labute approximate surface area is 152 Å². The van der Waals surface area contributed by atoms with E-state index in [9.17, 15) is 14.7 Å². The molecule has 122 valence electrons. The summed E-state index contributed by atoms with van der Waals surface area (Å²) in [6.07, 6.45) is 0.186. The molecule has 0 saturated heterocycles. The fraction of sp³-hybridized carbons (Fsp3) is 0.111. The highest BCUT2D eigenvalue weighted by molar-refractivity contribution is 14.1. The third-order valence-electron chi connectivity index (χ3n) is 3.75. The van der Waals surface area contributed by atoms with E-state index in [1.807, 2.05) is 42.5 Å². The van der Waals surface area contributed by atoms with Crippen molar-refractivity contribution in [2.75, 3.05) is 5.32 Å². The number of nitrogens with one attached hydrogen (secondary N) is 2. The number of aliphatic hydroxyl groups is 1. The van der Waals surface area contributed by atoms with Gasteiger partial charge in [-0.1, -0.05) is 30.3 Å². The van der Waals surface area contributed by atoms with Crippen molar-refractivity contribution in [3.05, 3.63) is 75.1 Å². The molecule has 3 N–H and O–H groups in total. The first-order chi connectivity index (χ1) is 11.5. The third kappa shape index (κ3) is 3.59. The van der Waals surface area contributed by atoms with E-state index in [0.29, 0.717) is 5.69 Å². The van der Waals surface area contributed by atoms with Gasteiger partial charge in [-0.2, -0.15) is 0 Å². The summed E-state index contributed by atoms with van der Waals surface area (Å²) in [4.78, 5) is 24.6. The molecule has 6 heteroatoms. The van der Waals surface area contributed by atoms with Gasteiger partial charge in [-0.05, 0) is 52.4 Å². The van der Waals surface area contributed by atoms with Gasteiger partial charge >= 0.3 is 0 Å². The Hall–Kier alpha value is -2.35. The third-order valence-corrected chi connectivity index (χ3v) is 4.47. The smallest absolute Gasteiger partial charge is 0.264 e. The number of rotatable bonds is 3. The molecule has 0 saturated carbocycles. The number of halogens is 1. The molecule has 0 bridgehead atoms. The lowest BCUT2D eigenvalue weighted by Gasteiger charge is -2.25. The molecule has 24 heavy (non-hydrogen) atoms. The predicted molar refractivity (Wildman–Crippen MR) is 99.4 cm³/mol. The molecular formula is C18H15IN2O3. The van der Waals surface area contributed by atoms with Crippen LogP contribution in [0.25, 0.3) is 0 Å². The predicted octanol–water partition coefficient (Wildman–Crippen LogP) is 3.30. The van der Waals surface area contributed by atoms with Crippen LogP contribution in [-0.2, 0) is 9.59 Å². The quantitative estimate of drug-likeness (QED) is 0.513. The fourth-order valence-electron chi connectivity index (χ4n) is 2.56. The van der Waals surface area contributed by atoms with Crippen molar-refractivity contribution in [1.29, 1.82) is 0 Å². The Bertz CT molecular complexity index is 801. The van der Waals surface area contributed by atoms with E-state index < -0.39 is 11.8 Å². The van der Waals surface area contributed by atoms with Crippen molar-refractivity contribution < 1.29 is 14.7 Å². The van der Waals surface area contributed by atoms with Gasteiger partial charge in [-0.15, -0.1) is 0 Å². The Balaban J connectivity index is 1.78. The minimum Gasteiger partial charge on any atom is -0.511 e. The van der Waals surface area contributed by atoms with Gasteiger partial charge in [0.15, 0.2) is 0 Å². The number of hydrogen-bond donors (Lipinski definition) is 3. The van der Waals surface area contributed by atoms with Crippen LogP contribution >= 0.6 is 22.6 Å². The summed E-state index contributed by atoms with van der Waals surface area (Å²) in [7, 11) is 0. The average Bonchev–Trinajstić information content (AvgIpc) is 2.57. The second-order valence-corrected chi connectivity index (χ2v) is 6.67. The molecule has 0 fully saturated rings. The maximum Gasteiger partial charge on any atom is 0.264 e. The highest BCUT2D eigenvalue weighted by Crippen LogP contribution is 2.27. The largest absolute Gasteiger partial charge is 0.511 e. The van der Waals surface area contributed by atoms with Crippen LogP contribution in [0.5, 0.6) is 0 Å². The number of amides is 2. The molecule has 2 aromatic carbocycles. The zero-order valence-corrected chi connectivity index (χ0v) is 14.8. The first-order valence-corrected chi connectivity index (χ1v) is 8.47. The highest BCUT2D eigenvalue weighted by Gasteiger charge is 2.32. The summed E-state index contributed by atoms with van der Waals surface area (Å²) in [5, 5.41) is 15.6. The highest BCUT2D eigenvalue weighted by atomic mass is 127. The molecule has 5 nitrogen and oxygen atoms in total. The van der Waals surface area contributed by atoms with Crippen LogP contribution in [-0.4, -0.2) is 16.9 Å². The van der Waals surface area contributed by atoms with Crippen molar-refractivity contribution in [3.8, 4) is 0 Å². The van der Waals surface area contributed by atoms with E-state index in [1.54, 1.807) is 12.1 Å². The average molecular weight is 434 g/mol. The van der Waals surface area contributed by atoms with Gasteiger partial charge in [0.1, 0.15) is 11.3 Å². The van der Waals surface area contributed by atoms with Crippen LogP contribution < -0.4 is 10.6 Å². The number of anilines is 1. The van der Waals surface area contributed by atoms with E-state index >= 15 is 0 Å². The van der Waals surface area contributed by atoms with Crippen LogP contribution in [0.2, 0.25) is 0 Å². The second kappa shape index (κ2) is 7.04. The molecule has 2 amide bonds. The van der Waals surface area contributed by atoms with Gasteiger partial charge in [0.2, 0.25) is 0 Å². The van der Waals surface area contributed by atoms with Crippen LogP contribution in [0.15, 0.2) is 65.9 Å². The van der Waals surface area contributed by atoms with Crippen LogP contribution in [0.1, 0.15) is 18.0 Å². The van der Waals surface area contributed by atoms with E-state index in [0.717, 1.165) is 9.13 Å². The second-order valence-electron chi connectivity index (χ2n) is 5.42. The summed E-state index contributed by atoms with van der Waals surface area (Å²) in [6, 6.07) is 16.2. The normalized spacial score (nSPS) is 17.4. The van der Waals surface area contributed by atoms with Crippen molar-refractivity contribution in [3.63, 3.8) is 0 Å². The number of carbonyl (C=O) groups excluding carboxylic acids is 2. The van der Waals surface area contributed by atoms with E-state index in [4.69, 9.17) is 0 Å². The van der Waals surface area contributed by atoms with Gasteiger partial charge in [-0.3, -0.25) is 9.59 Å². The van der Waals surface area contributed by atoms with Gasteiger partial charge in [0.05, 0.1) is 6.04 Å². The van der Waals surface area contributed by atoms with Crippen molar-refractivity contribution in [2.45, 2.75) is 12.5 Å². The maximum atomic E-state index is 12.3. The van der Waals surface area contributed by atoms with E-state index in [2.05, 4.69) is 33.2 Å². The number of benzene rings is 2. The Kier molecular flexibility index (Phi) is 4.84. The fourth-order valence-corrected chi connectivity index (χ4v) is 2.92. The Morgan fingerprint density at radius 2 is 1.79 bits per heavy atom. The molecule has 2 aromatic rings. The lowest BCUT2D eigenvalue weighted by molar-refractivity contribution is -0.123. The maximum absolute atomic E-state index is 12.3. The summed E-state index contributed by atoms with van der Waals surface area (Å²) < 4.78 is 1.04. The van der Waals surface area contributed by atoms with Crippen molar-refractivity contribution >= 4 is 40.1 Å². The standard InChI is InChI=1S/C18H15IN2O3/c19-12-6-8-13(9-7-12)20-17(23)16-15(22)10-14(21-18(16)24)11-4-2-1-3-5-11/h1-9,14,22H,10H2,(H,20,23)(H,21,24). The number of carbonyl (C=O) groups is 2. The van der Waals surface area contributed by atoms with E-state index in [-0.39, 0.29) is 23.8 Å². The Morgan fingerprint density at radius 1 is 1.12 bits per heavy atom. The summed E-state index contributed by atoms with van der Waals surface area (Å²) in [6.45, 7) is 0. The number of hydrogen-bond acceptors (Lipinski definition) is 3. The molecule has 3 rings (SSSR count). The van der Waals surface area contributed by atoms with Crippen LogP contribution in [0.4, 0.5) is 5.69 Å². The molecule has 0 radical (unpaired) electrons. The number of aliphatic hydroxyl groups excluding tert-OH is 1. The van der Waals surface area contributed by atoms with Crippen LogP contribution in [0.3, 0.4) is 0 Å². The first-order valence-electron chi connectivity index (χ1n) is 7.39. The molecule has 1 unspecified atom stereocenters. The topological polar surface area (TPSA) is 78.4 Å². The minimum atomic E-state index is -0.613. The summed E-state index contributed by atoms with van der Waals surface area (Å²) in [5.74, 6) is -1.39. The SMILES string of the molecule is O=C(Nc1ccc(I)cc1)C1=C(O)CC(c2ccccc2)NC1=O. The zero-order valence-electron chi connectivity index (χ0n) is 12.6. The van der Waals surface area contributed by atoms with Crippen molar-refractivity contribution in [2.24, 2.45) is 0 Å². The lowest BCUT2D eigenvalue weighted by atomic mass is 9.96. The monoisotopic (exact) mass is 434 g/mol. The van der Waals surface area contributed by atoms with Crippen LogP contribution in [0, 0.1) is 3.57 Å². The molecule has 1 heterocycles. The Morgan fingerprint density at radius 3 is 2.42 bits per heavy atom. The van der Waals surface area contributed by atoms with Gasteiger partial charge in [0.25, 0.3) is 11.8 Å². The summed E-state index contributed by atoms with van der Waals surface area (Å²) in [5.41, 5.74) is 1.22. The molecular weight excluding hydrogens is 419 g/mol. The molecule has 0 aliphatic carbocycles. The molecule has 1 atom stereocenters. The molecule has 0 spiro atoms. The van der Waals surface area contributed by atoms with Crippen molar-refractivity contribution in [1.82, 2.24) is 5.32 Å². The first kappa shape index (κ1) is 16.5. The minimum absolute atomic E-state index is 0.186. The van der Waals surface area contributed by atoms with Gasteiger partial charge in [-0.25, -0.2) is 0 Å².